The third kappa shape index (κ3) is 1.88. The smallest absolute Gasteiger partial charge is 0.127 e. The molecule has 0 aromatic carbocycles. The predicted molar refractivity (Wildman–Crippen MR) is 66.0 cm³/mol. The molecule has 2 aliphatic rings. The maximum Gasteiger partial charge on any atom is 0.127 e. The number of rotatable bonds is 2. The van der Waals surface area contributed by atoms with E-state index >= 15 is 0 Å². The molecule has 0 amide bonds. The highest BCUT2D eigenvalue weighted by Crippen LogP contribution is 2.37. The average molecular weight is 239 g/mol. The van der Waals surface area contributed by atoms with Crippen molar-refractivity contribution in [2.45, 2.75) is 63.3 Å². The summed E-state index contributed by atoms with van der Waals surface area (Å²) in [6.45, 7) is 0. The zero-order valence-electron chi connectivity index (χ0n) is 9.66. The van der Waals surface area contributed by atoms with Crippen molar-refractivity contribution in [3.05, 3.63) is 16.9 Å². The van der Waals surface area contributed by atoms with E-state index in [1.165, 1.54) is 57.1 Å². The fourth-order valence-electron chi connectivity index (χ4n) is 3.22. The van der Waals surface area contributed by atoms with E-state index in [-0.39, 0.29) is 0 Å². The van der Waals surface area contributed by atoms with Gasteiger partial charge in [0.1, 0.15) is 5.15 Å². The van der Waals surface area contributed by atoms with Crippen molar-refractivity contribution in [1.82, 2.24) is 9.78 Å². The molecule has 3 rings (SSSR count). The highest BCUT2D eigenvalue weighted by molar-refractivity contribution is 6.29. The van der Waals surface area contributed by atoms with E-state index in [4.69, 9.17) is 16.7 Å². The van der Waals surface area contributed by atoms with Crippen LogP contribution in [0.5, 0.6) is 0 Å². The van der Waals surface area contributed by atoms with Crippen LogP contribution in [0.15, 0.2) is 6.07 Å². The lowest BCUT2D eigenvalue weighted by Gasteiger charge is -2.11. The average Bonchev–Trinajstić information content (AvgIpc) is 2.97. The molecule has 0 N–H and O–H groups in total. The summed E-state index contributed by atoms with van der Waals surface area (Å²) in [6, 6.07) is 2.68. The molecule has 0 bridgehead atoms. The van der Waals surface area contributed by atoms with Gasteiger partial charge in [-0.3, -0.25) is 4.68 Å². The summed E-state index contributed by atoms with van der Waals surface area (Å²) in [6.07, 6.45) is 10.5. The number of hydrogen-bond acceptors (Lipinski definition) is 1. The van der Waals surface area contributed by atoms with Crippen LogP contribution >= 0.6 is 11.6 Å². The van der Waals surface area contributed by atoms with Crippen LogP contribution < -0.4 is 0 Å². The molecular weight excluding hydrogens is 220 g/mol. The Bertz CT molecular complexity index is 360. The Morgan fingerprint density at radius 3 is 2.38 bits per heavy atom. The summed E-state index contributed by atoms with van der Waals surface area (Å²) < 4.78 is 2.09. The highest BCUT2D eigenvalue weighted by Gasteiger charge is 2.24. The Hall–Kier alpha value is -0.500. The topological polar surface area (TPSA) is 17.8 Å². The molecule has 0 spiro atoms. The second-order valence-electron chi connectivity index (χ2n) is 5.26. The molecule has 2 nitrogen and oxygen atoms in total. The van der Waals surface area contributed by atoms with Crippen molar-refractivity contribution in [1.29, 1.82) is 0 Å². The summed E-state index contributed by atoms with van der Waals surface area (Å²) in [4.78, 5) is 0. The second-order valence-corrected chi connectivity index (χ2v) is 5.64. The van der Waals surface area contributed by atoms with Crippen molar-refractivity contribution in [2.24, 2.45) is 0 Å². The summed E-state index contributed by atoms with van der Waals surface area (Å²) in [5.41, 5.74) is 1.24. The Labute approximate surface area is 102 Å². The molecule has 2 saturated carbocycles. The van der Waals surface area contributed by atoms with Crippen LogP contribution in [0.4, 0.5) is 0 Å². The van der Waals surface area contributed by atoms with Gasteiger partial charge in [0.2, 0.25) is 0 Å². The van der Waals surface area contributed by atoms with Gasteiger partial charge in [-0.15, -0.1) is 0 Å². The Morgan fingerprint density at radius 1 is 1.06 bits per heavy atom. The zero-order chi connectivity index (χ0) is 11.0. The van der Waals surface area contributed by atoms with Gasteiger partial charge in [0, 0.05) is 5.92 Å². The van der Waals surface area contributed by atoms with E-state index < -0.39 is 0 Å². The molecule has 0 atom stereocenters. The van der Waals surface area contributed by atoms with Crippen molar-refractivity contribution in [2.75, 3.05) is 0 Å². The first-order chi connectivity index (χ1) is 7.84. The van der Waals surface area contributed by atoms with E-state index in [1.807, 2.05) is 0 Å². The van der Waals surface area contributed by atoms with Crippen LogP contribution in [0, 0.1) is 0 Å². The summed E-state index contributed by atoms with van der Waals surface area (Å²) >= 11 is 6.30. The molecular formula is C13H19ClN2. The fraction of sp³-hybridized carbons (Fsp3) is 0.769. The van der Waals surface area contributed by atoms with Gasteiger partial charge in [-0.05, 0) is 31.7 Å². The van der Waals surface area contributed by atoms with Crippen LogP contribution in [0.25, 0.3) is 0 Å². The van der Waals surface area contributed by atoms with E-state index in [1.54, 1.807) is 0 Å². The predicted octanol–water partition coefficient (Wildman–Crippen LogP) is 4.31. The third-order valence-electron chi connectivity index (χ3n) is 4.15. The van der Waals surface area contributed by atoms with Gasteiger partial charge in [0.05, 0.1) is 11.7 Å². The van der Waals surface area contributed by atoms with Gasteiger partial charge in [0.25, 0.3) is 0 Å². The van der Waals surface area contributed by atoms with E-state index in [0.29, 0.717) is 12.0 Å². The van der Waals surface area contributed by atoms with Gasteiger partial charge >= 0.3 is 0 Å². The molecule has 2 fully saturated rings. The first-order valence-electron chi connectivity index (χ1n) is 6.59. The van der Waals surface area contributed by atoms with Crippen LogP contribution in [0.1, 0.15) is 69.0 Å². The van der Waals surface area contributed by atoms with Crippen LogP contribution in [0.2, 0.25) is 5.15 Å². The minimum atomic E-state index is 0.572. The van der Waals surface area contributed by atoms with E-state index in [0.717, 1.165) is 5.15 Å². The first kappa shape index (κ1) is 10.6. The van der Waals surface area contributed by atoms with E-state index in [9.17, 15) is 0 Å². The lowest BCUT2D eigenvalue weighted by Crippen LogP contribution is -2.07. The minimum Gasteiger partial charge on any atom is -0.251 e. The number of hydrogen-bond donors (Lipinski definition) is 0. The molecule has 88 valence electrons. The largest absolute Gasteiger partial charge is 0.251 e. The molecule has 1 aromatic rings. The van der Waals surface area contributed by atoms with Crippen molar-refractivity contribution in [3.8, 4) is 0 Å². The Balaban J connectivity index is 1.83. The zero-order valence-corrected chi connectivity index (χ0v) is 10.4. The van der Waals surface area contributed by atoms with Gasteiger partial charge < -0.3 is 0 Å². The summed E-state index contributed by atoms with van der Waals surface area (Å²) in [7, 11) is 0. The Kier molecular flexibility index (Phi) is 2.93. The normalized spacial score (nSPS) is 23.3. The third-order valence-corrected chi connectivity index (χ3v) is 4.44. The quantitative estimate of drug-likeness (QED) is 0.751. The number of nitrogens with zero attached hydrogens (tertiary/aromatic N) is 2. The number of halogens is 1. The molecule has 0 radical (unpaired) electrons. The molecule has 16 heavy (non-hydrogen) atoms. The van der Waals surface area contributed by atoms with Gasteiger partial charge in [-0.25, -0.2) is 0 Å². The maximum absolute atomic E-state index is 6.30. The van der Waals surface area contributed by atoms with E-state index in [2.05, 4.69) is 10.7 Å². The van der Waals surface area contributed by atoms with Gasteiger partial charge in [-0.2, -0.15) is 5.10 Å². The molecule has 0 saturated heterocycles. The molecule has 2 aliphatic carbocycles. The SMILES string of the molecule is Clc1cc(C2CCCC2)nn1C1CCCC1. The van der Waals surface area contributed by atoms with Crippen LogP contribution in [0.3, 0.4) is 0 Å². The lowest BCUT2D eigenvalue weighted by atomic mass is 10.1. The fourth-order valence-corrected chi connectivity index (χ4v) is 3.50. The molecule has 0 unspecified atom stereocenters. The first-order valence-corrected chi connectivity index (χ1v) is 6.97. The summed E-state index contributed by atoms with van der Waals surface area (Å²) in [5.74, 6) is 0.681. The summed E-state index contributed by atoms with van der Waals surface area (Å²) in [5, 5.41) is 5.61. The lowest BCUT2D eigenvalue weighted by molar-refractivity contribution is 0.459. The highest BCUT2D eigenvalue weighted by atomic mass is 35.5. The van der Waals surface area contributed by atoms with Crippen LogP contribution in [-0.4, -0.2) is 9.78 Å². The van der Waals surface area contributed by atoms with Gasteiger partial charge in [0.15, 0.2) is 0 Å². The molecule has 0 aliphatic heterocycles. The molecule has 1 aromatic heterocycles. The molecule has 1 heterocycles. The minimum absolute atomic E-state index is 0.572. The van der Waals surface area contributed by atoms with Crippen LogP contribution in [-0.2, 0) is 0 Å². The van der Waals surface area contributed by atoms with Crippen molar-refractivity contribution in [3.63, 3.8) is 0 Å². The van der Waals surface area contributed by atoms with Crippen molar-refractivity contribution >= 4 is 11.6 Å². The standard InChI is InChI=1S/C13H19ClN2/c14-13-9-12(10-5-1-2-6-10)15-16(13)11-7-3-4-8-11/h9-11H,1-8H2. The number of aromatic nitrogens is 2. The maximum atomic E-state index is 6.30. The molecule has 3 heteroatoms. The van der Waals surface area contributed by atoms with Gasteiger partial charge in [-0.1, -0.05) is 37.3 Å². The van der Waals surface area contributed by atoms with Crippen molar-refractivity contribution < 1.29 is 0 Å². The Morgan fingerprint density at radius 2 is 1.69 bits per heavy atom. The second kappa shape index (κ2) is 4.40. The monoisotopic (exact) mass is 238 g/mol.